The molecule has 8 heteroatoms. The van der Waals surface area contributed by atoms with Crippen molar-refractivity contribution in [3.63, 3.8) is 0 Å². The van der Waals surface area contributed by atoms with Gasteiger partial charge in [0.25, 0.3) is 5.91 Å². The molecule has 8 nitrogen and oxygen atoms in total. The highest BCUT2D eigenvalue weighted by Crippen LogP contribution is 2.32. The summed E-state index contributed by atoms with van der Waals surface area (Å²) < 4.78 is 16.3. The number of amides is 2. The van der Waals surface area contributed by atoms with Crippen molar-refractivity contribution in [3.05, 3.63) is 101 Å². The summed E-state index contributed by atoms with van der Waals surface area (Å²) in [5.41, 5.74) is 4.01. The molecule has 3 aromatic rings. The van der Waals surface area contributed by atoms with Gasteiger partial charge in [0.2, 0.25) is 5.91 Å². The molecule has 1 atom stereocenters. The Morgan fingerprint density at radius 2 is 1.41 bits per heavy atom. The maximum absolute atomic E-state index is 13.7. The zero-order valence-corrected chi connectivity index (χ0v) is 24.8. The smallest absolute Gasteiger partial charge is 0.257 e. The number of allylic oxidation sites excluding steroid dienone is 1. The van der Waals surface area contributed by atoms with Gasteiger partial charge in [-0.1, -0.05) is 66.7 Å². The summed E-state index contributed by atoms with van der Waals surface area (Å²) in [6, 6.07) is 24.4. The van der Waals surface area contributed by atoms with Crippen molar-refractivity contribution >= 4 is 23.1 Å². The number of aliphatic imine (C=N–C) groups is 1. The van der Waals surface area contributed by atoms with E-state index in [4.69, 9.17) is 19.2 Å². The van der Waals surface area contributed by atoms with Crippen molar-refractivity contribution < 1.29 is 23.8 Å². The lowest BCUT2D eigenvalue weighted by Crippen LogP contribution is -2.46. The van der Waals surface area contributed by atoms with Crippen molar-refractivity contribution in [3.8, 4) is 11.5 Å². The minimum atomic E-state index is -0.940. The molecule has 0 aliphatic rings. The molecule has 3 aromatic carbocycles. The third-order valence-electron chi connectivity index (χ3n) is 6.68. The Balaban J connectivity index is 1.90. The zero-order valence-electron chi connectivity index (χ0n) is 24.8. The fourth-order valence-electron chi connectivity index (χ4n) is 4.33. The Labute approximate surface area is 242 Å². The Hall–Kier alpha value is -4.43. The number of hydrogen-bond acceptors (Lipinski definition) is 6. The third kappa shape index (κ3) is 8.05. The van der Waals surface area contributed by atoms with Gasteiger partial charge in [0, 0.05) is 18.9 Å². The summed E-state index contributed by atoms with van der Waals surface area (Å²) >= 11 is 0. The number of carbonyl (C=O) groups excluding carboxylic acids is 2. The monoisotopic (exact) mass is 557 g/mol. The standard InChI is InChI=1S/C33H39N3O5/c1-22(2)36(33(38)31(41-7)27-18-19-28(39-5)29(20-27)40-6)21-30(37)35-32(23(3)25-14-10-8-11-15-25)34-24(4)26-16-12-9-13-17-26/h8-20,22,31H,21H2,1-7H3,(H,35,37)/b32-23-,34-24+. The molecule has 0 saturated carbocycles. The molecule has 0 radical (unpaired) electrons. The fourth-order valence-corrected chi connectivity index (χ4v) is 4.33. The van der Waals surface area contributed by atoms with Crippen LogP contribution in [0.2, 0.25) is 0 Å². The molecule has 1 N–H and O–H groups in total. The van der Waals surface area contributed by atoms with Gasteiger partial charge >= 0.3 is 0 Å². The van der Waals surface area contributed by atoms with Crippen LogP contribution in [0, 0.1) is 0 Å². The molecule has 0 aliphatic carbocycles. The number of benzene rings is 3. The van der Waals surface area contributed by atoms with Gasteiger partial charge in [-0.2, -0.15) is 0 Å². The van der Waals surface area contributed by atoms with Gasteiger partial charge in [-0.05, 0) is 62.1 Å². The molecule has 0 fully saturated rings. The minimum Gasteiger partial charge on any atom is -0.493 e. The van der Waals surface area contributed by atoms with Crippen molar-refractivity contribution in [1.29, 1.82) is 0 Å². The van der Waals surface area contributed by atoms with Crippen LogP contribution < -0.4 is 14.8 Å². The number of nitrogens with zero attached hydrogens (tertiary/aromatic N) is 2. The van der Waals surface area contributed by atoms with Crippen molar-refractivity contribution in [2.75, 3.05) is 27.9 Å². The van der Waals surface area contributed by atoms with Crippen LogP contribution in [0.1, 0.15) is 50.5 Å². The summed E-state index contributed by atoms with van der Waals surface area (Å²) in [5, 5.41) is 2.97. The van der Waals surface area contributed by atoms with Crippen molar-refractivity contribution in [2.45, 2.75) is 39.8 Å². The molecule has 0 aliphatic heterocycles. The topological polar surface area (TPSA) is 89.5 Å². The van der Waals surface area contributed by atoms with E-state index >= 15 is 0 Å². The van der Waals surface area contributed by atoms with Crippen LogP contribution in [0.5, 0.6) is 11.5 Å². The Bertz CT molecular complexity index is 1380. The second-order valence-electron chi connectivity index (χ2n) is 9.74. The van der Waals surface area contributed by atoms with Crippen molar-refractivity contribution in [2.24, 2.45) is 4.99 Å². The average Bonchev–Trinajstić information content (AvgIpc) is 2.99. The van der Waals surface area contributed by atoms with Gasteiger partial charge < -0.3 is 24.4 Å². The second kappa shape index (κ2) is 14.8. The van der Waals surface area contributed by atoms with Crippen LogP contribution in [-0.4, -0.2) is 56.3 Å². The van der Waals surface area contributed by atoms with E-state index in [0.29, 0.717) is 22.9 Å². The number of rotatable bonds is 12. The van der Waals surface area contributed by atoms with E-state index in [0.717, 1.165) is 22.4 Å². The van der Waals surface area contributed by atoms with Crippen LogP contribution in [0.4, 0.5) is 0 Å². The largest absolute Gasteiger partial charge is 0.493 e. The van der Waals surface area contributed by atoms with Crippen LogP contribution >= 0.6 is 0 Å². The summed E-state index contributed by atoms with van der Waals surface area (Å²) in [5.74, 6) is 0.717. The summed E-state index contributed by atoms with van der Waals surface area (Å²) in [6.07, 6.45) is -0.940. The van der Waals surface area contributed by atoms with Crippen LogP contribution in [0.25, 0.3) is 5.57 Å². The van der Waals surface area contributed by atoms with Gasteiger partial charge in [0.05, 0.1) is 14.2 Å². The maximum Gasteiger partial charge on any atom is 0.257 e. The fraction of sp³-hybridized carbons (Fsp3) is 0.303. The first-order chi connectivity index (χ1) is 19.7. The van der Waals surface area contributed by atoms with Gasteiger partial charge in [0.1, 0.15) is 12.4 Å². The number of ether oxygens (including phenoxy) is 3. The van der Waals surface area contributed by atoms with Crippen LogP contribution in [0.3, 0.4) is 0 Å². The number of hydrogen-bond donors (Lipinski definition) is 1. The van der Waals surface area contributed by atoms with Gasteiger partial charge in [-0.3, -0.25) is 9.59 Å². The van der Waals surface area contributed by atoms with Crippen LogP contribution in [-0.2, 0) is 14.3 Å². The first-order valence-electron chi connectivity index (χ1n) is 13.4. The number of carbonyl (C=O) groups is 2. The molecule has 2 amide bonds. The molecule has 0 saturated heterocycles. The van der Waals surface area contributed by atoms with E-state index in [9.17, 15) is 9.59 Å². The van der Waals surface area contributed by atoms with Gasteiger partial charge in [-0.25, -0.2) is 4.99 Å². The predicted molar refractivity (Wildman–Crippen MR) is 162 cm³/mol. The number of nitrogens with one attached hydrogen (secondary N) is 1. The molecule has 0 spiro atoms. The Morgan fingerprint density at radius 3 is 1.95 bits per heavy atom. The molecule has 41 heavy (non-hydrogen) atoms. The lowest BCUT2D eigenvalue weighted by atomic mass is 10.1. The molecule has 3 rings (SSSR count). The minimum absolute atomic E-state index is 0.185. The van der Waals surface area contributed by atoms with E-state index in [-0.39, 0.29) is 24.4 Å². The third-order valence-corrected chi connectivity index (χ3v) is 6.68. The first-order valence-corrected chi connectivity index (χ1v) is 13.4. The van der Waals surface area contributed by atoms with E-state index in [1.54, 1.807) is 25.3 Å². The SMILES string of the molecule is COc1ccc(C(OC)C(=O)N(CC(=O)NC(/N=C(\C)c2ccccc2)=C(/C)c2ccccc2)C(C)C)cc1OC. The van der Waals surface area contributed by atoms with E-state index < -0.39 is 6.10 Å². The lowest BCUT2D eigenvalue weighted by Gasteiger charge is -2.30. The van der Waals surface area contributed by atoms with Crippen molar-refractivity contribution in [1.82, 2.24) is 10.2 Å². The average molecular weight is 558 g/mol. The van der Waals surface area contributed by atoms with E-state index in [2.05, 4.69) is 5.32 Å². The van der Waals surface area contributed by atoms with Crippen LogP contribution in [0.15, 0.2) is 89.7 Å². The molecular weight excluding hydrogens is 518 g/mol. The quantitative estimate of drug-likeness (QED) is 0.291. The molecule has 0 bridgehead atoms. The molecule has 0 heterocycles. The summed E-state index contributed by atoms with van der Waals surface area (Å²) in [6.45, 7) is 7.34. The number of methoxy groups -OCH3 is 3. The molecule has 216 valence electrons. The van der Waals surface area contributed by atoms with Gasteiger partial charge in [-0.15, -0.1) is 0 Å². The summed E-state index contributed by atoms with van der Waals surface area (Å²) in [7, 11) is 4.53. The summed E-state index contributed by atoms with van der Waals surface area (Å²) in [4.78, 5) is 33.5. The molecule has 0 aromatic heterocycles. The molecule has 1 unspecified atom stereocenters. The second-order valence-corrected chi connectivity index (χ2v) is 9.74. The Kier molecular flexibility index (Phi) is 11.2. The highest BCUT2D eigenvalue weighted by Gasteiger charge is 2.30. The molecular formula is C33H39N3O5. The van der Waals surface area contributed by atoms with E-state index in [1.165, 1.54) is 19.1 Å². The van der Waals surface area contributed by atoms with Gasteiger partial charge in [0.15, 0.2) is 17.6 Å². The highest BCUT2D eigenvalue weighted by molar-refractivity contribution is 6.00. The van der Waals surface area contributed by atoms with E-state index in [1.807, 2.05) is 88.4 Å². The maximum atomic E-state index is 13.7. The zero-order chi connectivity index (χ0) is 29.9. The normalized spacial score (nSPS) is 12.8. The first kappa shape index (κ1) is 31.1. The Morgan fingerprint density at radius 1 is 0.829 bits per heavy atom. The lowest BCUT2D eigenvalue weighted by molar-refractivity contribution is -0.147. The highest BCUT2D eigenvalue weighted by atomic mass is 16.5. The predicted octanol–water partition coefficient (Wildman–Crippen LogP) is 5.64.